The molecule has 2 aliphatic carbocycles. The Hall–Kier alpha value is -0.110. The molecule has 2 N–H and O–H groups in total. The quantitative estimate of drug-likeness (QED) is 0.718. The minimum Gasteiger partial charge on any atom is -0.325 e. The summed E-state index contributed by atoms with van der Waals surface area (Å²) in [6.07, 6.45) is 6.35. The summed E-state index contributed by atoms with van der Waals surface area (Å²) in [5.41, 5.74) is 6.01. The molecule has 0 aliphatic heterocycles. The molecule has 2 atom stereocenters. The predicted molar refractivity (Wildman–Crippen MR) is 52.2 cm³/mol. The molecule has 2 rings (SSSR count). The molecule has 0 aromatic heterocycles. The summed E-state index contributed by atoms with van der Waals surface area (Å²) in [6.45, 7) is 1.69. The highest BCUT2D eigenvalue weighted by Crippen LogP contribution is 2.49. The van der Waals surface area contributed by atoms with Gasteiger partial charge in [-0.15, -0.1) is 0 Å². The van der Waals surface area contributed by atoms with Crippen molar-refractivity contribution in [3.8, 4) is 0 Å². The minimum absolute atomic E-state index is 0.122. The van der Waals surface area contributed by atoms with Gasteiger partial charge in [-0.2, -0.15) is 0 Å². The Morgan fingerprint density at radius 2 is 1.85 bits per heavy atom. The summed E-state index contributed by atoms with van der Waals surface area (Å²) in [6, 6.07) is 0. The van der Waals surface area contributed by atoms with Gasteiger partial charge in [0.15, 0.2) is 0 Å². The molecule has 2 fully saturated rings. The lowest BCUT2D eigenvalue weighted by Crippen LogP contribution is -2.41. The van der Waals surface area contributed by atoms with Gasteiger partial charge < -0.3 is 5.73 Å². The minimum atomic E-state index is -0.712. The molecule has 0 spiro atoms. The summed E-state index contributed by atoms with van der Waals surface area (Å²) >= 11 is 0. The van der Waals surface area contributed by atoms with Gasteiger partial charge in [-0.3, -0.25) is 0 Å². The number of hydrogen-bond donors (Lipinski definition) is 1. The zero-order chi connectivity index (χ0) is 9.47. The molecule has 2 aliphatic rings. The molecule has 1 nitrogen and oxygen atoms in total. The topological polar surface area (TPSA) is 26.0 Å². The van der Waals surface area contributed by atoms with Crippen molar-refractivity contribution in [3.63, 3.8) is 0 Å². The van der Waals surface area contributed by atoms with Crippen molar-refractivity contribution < 1.29 is 4.39 Å². The van der Waals surface area contributed by atoms with E-state index in [9.17, 15) is 4.39 Å². The van der Waals surface area contributed by atoms with Crippen LogP contribution in [0, 0.1) is 11.8 Å². The van der Waals surface area contributed by atoms with E-state index in [1.807, 2.05) is 0 Å². The van der Waals surface area contributed by atoms with Gasteiger partial charge in [-0.05, 0) is 25.7 Å². The SMILES string of the molecule is CC(F)C(C1CCCC1)C1(N)CC1. The molecule has 0 radical (unpaired) electrons. The second-order valence-corrected chi connectivity index (χ2v) is 4.98. The van der Waals surface area contributed by atoms with E-state index in [0.717, 1.165) is 12.8 Å². The fourth-order valence-corrected chi connectivity index (χ4v) is 3.10. The smallest absolute Gasteiger partial charge is 0.102 e. The zero-order valence-electron chi connectivity index (χ0n) is 8.43. The van der Waals surface area contributed by atoms with Crippen molar-refractivity contribution in [2.24, 2.45) is 17.6 Å². The van der Waals surface area contributed by atoms with Gasteiger partial charge >= 0.3 is 0 Å². The first-order chi connectivity index (χ1) is 6.13. The summed E-state index contributed by atoms with van der Waals surface area (Å²) < 4.78 is 13.5. The molecular formula is C11H20FN. The number of halogens is 1. The molecule has 0 aromatic rings. The standard InChI is InChI=1S/C11H20FN/c1-8(12)10(11(13)6-7-11)9-4-2-3-5-9/h8-10H,2-7,13H2,1H3. The number of nitrogens with two attached hydrogens (primary N) is 1. The Morgan fingerprint density at radius 1 is 1.31 bits per heavy atom. The Labute approximate surface area is 79.9 Å². The van der Waals surface area contributed by atoms with Gasteiger partial charge in [0.25, 0.3) is 0 Å². The molecule has 2 unspecified atom stereocenters. The highest BCUT2D eigenvalue weighted by atomic mass is 19.1. The van der Waals surface area contributed by atoms with E-state index in [-0.39, 0.29) is 11.5 Å². The van der Waals surface area contributed by atoms with Crippen molar-refractivity contribution in [2.45, 2.75) is 57.2 Å². The van der Waals surface area contributed by atoms with Crippen LogP contribution in [0.5, 0.6) is 0 Å². The molecular weight excluding hydrogens is 165 g/mol. The van der Waals surface area contributed by atoms with Gasteiger partial charge in [-0.25, -0.2) is 4.39 Å². The van der Waals surface area contributed by atoms with Crippen LogP contribution >= 0.6 is 0 Å². The van der Waals surface area contributed by atoms with Crippen LogP contribution in [0.25, 0.3) is 0 Å². The Bertz CT molecular complexity index is 181. The highest BCUT2D eigenvalue weighted by Gasteiger charge is 2.51. The number of rotatable bonds is 3. The molecule has 0 heterocycles. The summed E-state index contributed by atoms with van der Waals surface area (Å²) in [4.78, 5) is 0. The van der Waals surface area contributed by atoms with Crippen LogP contribution in [0.4, 0.5) is 4.39 Å². The van der Waals surface area contributed by atoms with E-state index in [1.165, 1.54) is 25.7 Å². The van der Waals surface area contributed by atoms with Crippen molar-refractivity contribution >= 4 is 0 Å². The van der Waals surface area contributed by atoms with Crippen LogP contribution in [-0.4, -0.2) is 11.7 Å². The molecule has 0 bridgehead atoms. The van der Waals surface area contributed by atoms with Crippen LogP contribution in [0.2, 0.25) is 0 Å². The van der Waals surface area contributed by atoms with E-state index < -0.39 is 6.17 Å². The average Bonchev–Trinajstić information content (AvgIpc) is 2.62. The van der Waals surface area contributed by atoms with Crippen LogP contribution in [-0.2, 0) is 0 Å². The summed E-state index contributed by atoms with van der Waals surface area (Å²) in [7, 11) is 0. The monoisotopic (exact) mass is 185 g/mol. The second kappa shape index (κ2) is 3.23. The van der Waals surface area contributed by atoms with E-state index in [4.69, 9.17) is 5.73 Å². The molecule has 0 amide bonds. The maximum atomic E-state index is 13.5. The molecule has 2 saturated carbocycles. The third kappa shape index (κ3) is 1.74. The first kappa shape index (κ1) is 9.45. The molecule has 0 saturated heterocycles. The Morgan fingerprint density at radius 3 is 2.23 bits per heavy atom. The molecule has 2 heteroatoms. The largest absolute Gasteiger partial charge is 0.325 e. The molecule has 13 heavy (non-hydrogen) atoms. The lowest BCUT2D eigenvalue weighted by atomic mass is 9.80. The summed E-state index contributed by atoms with van der Waals surface area (Å²) in [5.74, 6) is 0.725. The first-order valence-electron chi connectivity index (χ1n) is 5.56. The molecule has 76 valence electrons. The van der Waals surface area contributed by atoms with Crippen molar-refractivity contribution in [1.29, 1.82) is 0 Å². The van der Waals surface area contributed by atoms with Crippen LogP contribution in [0.3, 0.4) is 0 Å². The third-order valence-electron chi connectivity index (χ3n) is 3.89. The number of hydrogen-bond acceptors (Lipinski definition) is 1. The van der Waals surface area contributed by atoms with Gasteiger partial charge in [-0.1, -0.05) is 25.7 Å². The fraction of sp³-hybridized carbons (Fsp3) is 1.00. The summed E-state index contributed by atoms with van der Waals surface area (Å²) in [5, 5.41) is 0. The van der Waals surface area contributed by atoms with Gasteiger partial charge in [0.1, 0.15) is 6.17 Å². The van der Waals surface area contributed by atoms with Gasteiger partial charge in [0, 0.05) is 11.5 Å². The van der Waals surface area contributed by atoms with E-state index in [2.05, 4.69) is 0 Å². The zero-order valence-corrected chi connectivity index (χ0v) is 8.43. The maximum absolute atomic E-state index is 13.5. The second-order valence-electron chi connectivity index (χ2n) is 4.98. The van der Waals surface area contributed by atoms with E-state index >= 15 is 0 Å². The Balaban J connectivity index is 2.04. The average molecular weight is 185 g/mol. The van der Waals surface area contributed by atoms with Gasteiger partial charge in [0.05, 0.1) is 0 Å². The lowest BCUT2D eigenvalue weighted by Gasteiger charge is -2.30. The van der Waals surface area contributed by atoms with Crippen LogP contribution in [0.15, 0.2) is 0 Å². The third-order valence-corrected chi connectivity index (χ3v) is 3.89. The first-order valence-corrected chi connectivity index (χ1v) is 5.56. The highest BCUT2D eigenvalue weighted by molar-refractivity contribution is 5.07. The molecule has 0 aromatic carbocycles. The predicted octanol–water partition coefficient (Wildman–Crippen LogP) is 2.64. The lowest BCUT2D eigenvalue weighted by molar-refractivity contribution is 0.142. The fourth-order valence-electron chi connectivity index (χ4n) is 3.10. The Kier molecular flexibility index (Phi) is 2.35. The van der Waals surface area contributed by atoms with Crippen LogP contribution < -0.4 is 5.73 Å². The normalized spacial score (nSPS) is 31.6. The van der Waals surface area contributed by atoms with E-state index in [0.29, 0.717) is 5.92 Å². The maximum Gasteiger partial charge on any atom is 0.102 e. The van der Waals surface area contributed by atoms with Crippen LogP contribution in [0.1, 0.15) is 45.4 Å². The van der Waals surface area contributed by atoms with Gasteiger partial charge in [0.2, 0.25) is 0 Å². The number of alkyl halides is 1. The van der Waals surface area contributed by atoms with E-state index in [1.54, 1.807) is 6.92 Å². The van der Waals surface area contributed by atoms with Crippen molar-refractivity contribution in [3.05, 3.63) is 0 Å². The van der Waals surface area contributed by atoms with Crippen molar-refractivity contribution in [2.75, 3.05) is 0 Å². The van der Waals surface area contributed by atoms with Crippen molar-refractivity contribution in [1.82, 2.24) is 0 Å².